The van der Waals surface area contributed by atoms with Crippen LogP contribution >= 0.6 is 0 Å². The quantitative estimate of drug-likeness (QED) is 0.811. The first-order valence-corrected chi connectivity index (χ1v) is 5.49. The van der Waals surface area contributed by atoms with Crippen LogP contribution in [0.5, 0.6) is 0 Å². The lowest BCUT2D eigenvalue weighted by Crippen LogP contribution is -2.35. The summed E-state index contributed by atoms with van der Waals surface area (Å²) < 4.78 is 5.05. The molecule has 0 spiro atoms. The van der Waals surface area contributed by atoms with E-state index in [1.165, 1.54) is 0 Å². The predicted molar refractivity (Wildman–Crippen MR) is 54.7 cm³/mol. The molecule has 1 aromatic rings. The van der Waals surface area contributed by atoms with E-state index in [1.54, 1.807) is 0 Å². The Morgan fingerprint density at radius 2 is 2.50 bits per heavy atom. The summed E-state index contributed by atoms with van der Waals surface area (Å²) in [5.41, 5.74) is 0. The van der Waals surface area contributed by atoms with Gasteiger partial charge in [0.05, 0.1) is 6.54 Å². The molecule has 88 valence electrons. The molecule has 16 heavy (non-hydrogen) atoms. The second-order valence-corrected chi connectivity index (χ2v) is 3.92. The average Bonchev–Trinajstić information content (AvgIpc) is 2.87. The van der Waals surface area contributed by atoms with Gasteiger partial charge in [0, 0.05) is 6.42 Å². The standard InChI is InChI=1S/C10H15N3O3/c1-2-8-11-9(16-12-8)6-13-5-3-4-7(13)10(14)15/h7H,2-6H2,1H3,(H,14,15). The first-order valence-electron chi connectivity index (χ1n) is 5.49. The van der Waals surface area contributed by atoms with Gasteiger partial charge in [-0.15, -0.1) is 0 Å². The number of nitrogens with zero attached hydrogens (tertiary/aromatic N) is 3. The van der Waals surface area contributed by atoms with E-state index in [2.05, 4.69) is 10.1 Å². The Morgan fingerprint density at radius 3 is 3.12 bits per heavy atom. The number of aryl methyl sites for hydroxylation is 1. The number of hydrogen-bond donors (Lipinski definition) is 1. The molecule has 1 fully saturated rings. The SMILES string of the molecule is CCc1noc(CN2CCCC2C(=O)O)n1. The lowest BCUT2D eigenvalue weighted by atomic mass is 10.2. The summed E-state index contributed by atoms with van der Waals surface area (Å²) in [7, 11) is 0. The van der Waals surface area contributed by atoms with Crippen molar-refractivity contribution in [3.8, 4) is 0 Å². The highest BCUT2D eigenvalue weighted by molar-refractivity contribution is 5.73. The van der Waals surface area contributed by atoms with Gasteiger partial charge in [0.15, 0.2) is 5.82 Å². The fraction of sp³-hybridized carbons (Fsp3) is 0.700. The number of carboxylic acid groups (broad SMARTS) is 1. The van der Waals surface area contributed by atoms with Crippen LogP contribution in [0.25, 0.3) is 0 Å². The van der Waals surface area contributed by atoms with Crippen LogP contribution in [0, 0.1) is 0 Å². The minimum atomic E-state index is -0.771. The molecule has 0 aliphatic carbocycles. The van der Waals surface area contributed by atoms with Crippen molar-refractivity contribution >= 4 is 5.97 Å². The van der Waals surface area contributed by atoms with Gasteiger partial charge in [0.1, 0.15) is 6.04 Å². The molecule has 2 rings (SSSR count). The van der Waals surface area contributed by atoms with Crippen molar-refractivity contribution < 1.29 is 14.4 Å². The summed E-state index contributed by atoms with van der Waals surface area (Å²) >= 11 is 0. The van der Waals surface area contributed by atoms with E-state index in [-0.39, 0.29) is 0 Å². The van der Waals surface area contributed by atoms with Gasteiger partial charge in [-0.1, -0.05) is 12.1 Å². The largest absolute Gasteiger partial charge is 0.480 e. The molecule has 1 unspecified atom stereocenters. The van der Waals surface area contributed by atoms with Crippen molar-refractivity contribution in [2.24, 2.45) is 0 Å². The zero-order valence-corrected chi connectivity index (χ0v) is 9.22. The molecular weight excluding hydrogens is 210 g/mol. The molecular formula is C10H15N3O3. The minimum Gasteiger partial charge on any atom is -0.480 e. The molecule has 1 N–H and O–H groups in total. The van der Waals surface area contributed by atoms with Crippen LogP contribution in [0.3, 0.4) is 0 Å². The fourth-order valence-electron chi connectivity index (χ4n) is 1.97. The Bertz CT molecular complexity index is 377. The number of aliphatic carboxylic acids is 1. The van der Waals surface area contributed by atoms with Crippen molar-refractivity contribution in [3.63, 3.8) is 0 Å². The normalized spacial score (nSPS) is 21.4. The fourth-order valence-corrected chi connectivity index (χ4v) is 1.97. The van der Waals surface area contributed by atoms with E-state index in [0.717, 1.165) is 19.4 Å². The lowest BCUT2D eigenvalue weighted by Gasteiger charge is -2.18. The number of carbonyl (C=O) groups is 1. The zero-order valence-electron chi connectivity index (χ0n) is 9.22. The molecule has 0 saturated carbocycles. The van der Waals surface area contributed by atoms with E-state index >= 15 is 0 Å². The monoisotopic (exact) mass is 225 g/mol. The van der Waals surface area contributed by atoms with E-state index in [9.17, 15) is 4.79 Å². The van der Waals surface area contributed by atoms with E-state index in [1.807, 2.05) is 11.8 Å². The highest BCUT2D eigenvalue weighted by atomic mass is 16.5. The zero-order chi connectivity index (χ0) is 11.5. The molecule has 1 aliphatic heterocycles. The molecule has 1 atom stereocenters. The molecule has 0 aromatic carbocycles. The summed E-state index contributed by atoms with van der Waals surface area (Å²) in [5, 5.41) is 12.8. The van der Waals surface area contributed by atoms with Crippen LogP contribution in [0.4, 0.5) is 0 Å². The maximum Gasteiger partial charge on any atom is 0.320 e. The van der Waals surface area contributed by atoms with Gasteiger partial charge in [-0.3, -0.25) is 9.69 Å². The van der Waals surface area contributed by atoms with E-state index in [0.29, 0.717) is 24.7 Å². The molecule has 2 heterocycles. The summed E-state index contributed by atoms with van der Waals surface area (Å²) in [6.45, 7) is 3.16. The number of hydrogen-bond acceptors (Lipinski definition) is 5. The molecule has 6 heteroatoms. The third kappa shape index (κ3) is 2.21. The Morgan fingerprint density at radius 1 is 1.69 bits per heavy atom. The second-order valence-electron chi connectivity index (χ2n) is 3.92. The van der Waals surface area contributed by atoms with Gasteiger partial charge in [-0.2, -0.15) is 4.98 Å². The average molecular weight is 225 g/mol. The Kier molecular flexibility index (Phi) is 3.19. The highest BCUT2D eigenvalue weighted by Crippen LogP contribution is 2.19. The van der Waals surface area contributed by atoms with Gasteiger partial charge in [0.25, 0.3) is 0 Å². The molecule has 6 nitrogen and oxygen atoms in total. The van der Waals surface area contributed by atoms with Crippen molar-refractivity contribution in [3.05, 3.63) is 11.7 Å². The Hall–Kier alpha value is -1.43. The topological polar surface area (TPSA) is 79.5 Å². The Labute approximate surface area is 93.2 Å². The first-order chi connectivity index (χ1) is 7.70. The molecule has 0 amide bonds. The second kappa shape index (κ2) is 4.61. The van der Waals surface area contributed by atoms with Crippen molar-refractivity contribution in [1.82, 2.24) is 15.0 Å². The van der Waals surface area contributed by atoms with E-state index < -0.39 is 12.0 Å². The summed E-state index contributed by atoms with van der Waals surface area (Å²) in [6, 6.07) is -0.406. The maximum atomic E-state index is 11.0. The van der Waals surface area contributed by atoms with Crippen molar-refractivity contribution in [1.29, 1.82) is 0 Å². The minimum absolute atomic E-state index is 0.406. The third-order valence-corrected chi connectivity index (χ3v) is 2.81. The van der Waals surface area contributed by atoms with Gasteiger partial charge >= 0.3 is 5.97 Å². The van der Waals surface area contributed by atoms with E-state index in [4.69, 9.17) is 9.63 Å². The van der Waals surface area contributed by atoms with Crippen LogP contribution < -0.4 is 0 Å². The van der Waals surface area contributed by atoms with Gasteiger partial charge in [-0.05, 0) is 19.4 Å². The lowest BCUT2D eigenvalue weighted by molar-refractivity contribution is -0.142. The van der Waals surface area contributed by atoms with Gasteiger partial charge in [0.2, 0.25) is 5.89 Å². The Balaban J connectivity index is 2.00. The number of likely N-dealkylation sites (tertiary alicyclic amines) is 1. The number of aromatic nitrogens is 2. The molecule has 0 bridgehead atoms. The number of rotatable bonds is 4. The van der Waals surface area contributed by atoms with Crippen LogP contribution in [-0.2, 0) is 17.8 Å². The molecule has 1 aliphatic rings. The van der Waals surface area contributed by atoms with Gasteiger partial charge < -0.3 is 9.63 Å². The van der Waals surface area contributed by atoms with Crippen LogP contribution in [-0.4, -0.2) is 38.7 Å². The first kappa shape index (κ1) is 11.1. The third-order valence-electron chi connectivity index (χ3n) is 2.81. The van der Waals surface area contributed by atoms with Crippen LogP contribution in [0.15, 0.2) is 4.52 Å². The van der Waals surface area contributed by atoms with Gasteiger partial charge in [-0.25, -0.2) is 0 Å². The van der Waals surface area contributed by atoms with Crippen molar-refractivity contribution in [2.75, 3.05) is 6.54 Å². The number of carboxylic acids is 1. The summed E-state index contributed by atoms with van der Waals surface area (Å²) in [4.78, 5) is 17.0. The summed E-state index contributed by atoms with van der Waals surface area (Å²) in [5.74, 6) is 0.402. The summed E-state index contributed by atoms with van der Waals surface area (Å²) in [6.07, 6.45) is 2.34. The molecule has 0 radical (unpaired) electrons. The smallest absolute Gasteiger partial charge is 0.320 e. The van der Waals surface area contributed by atoms with Crippen molar-refractivity contribution in [2.45, 2.75) is 38.8 Å². The van der Waals surface area contributed by atoms with Crippen LogP contribution in [0.2, 0.25) is 0 Å². The predicted octanol–water partition coefficient (Wildman–Crippen LogP) is 0.681. The van der Waals surface area contributed by atoms with Crippen LogP contribution in [0.1, 0.15) is 31.5 Å². The molecule has 1 saturated heterocycles. The maximum absolute atomic E-state index is 11.0. The molecule has 1 aromatic heterocycles. The highest BCUT2D eigenvalue weighted by Gasteiger charge is 2.31.